The van der Waals surface area contributed by atoms with Crippen LogP contribution in [0.25, 0.3) is 0 Å². The summed E-state index contributed by atoms with van der Waals surface area (Å²) in [5.74, 6) is 0. The van der Waals surface area contributed by atoms with Crippen LogP contribution in [0, 0.1) is 0 Å². The molecule has 0 N–H and O–H groups in total. The van der Waals surface area contributed by atoms with Gasteiger partial charge in [0.15, 0.2) is 0 Å². The van der Waals surface area contributed by atoms with Gasteiger partial charge in [-0.15, -0.1) is 0 Å². The zero-order chi connectivity index (χ0) is 7.70. The zero-order valence-corrected chi connectivity index (χ0v) is 9.29. The van der Waals surface area contributed by atoms with Crippen LogP contribution in [0.1, 0.15) is 20.8 Å². The van der Waals surface area contributed by atoms with Crippen LogP contribution in [0.2, 0.25) is 18.1 Å². The van der Waals surface area contributed by atoms with Crippen LogP contribution in [-0.4, -0.2) is 8.80 Å². The van der Waals surface area contributed by atoms with Gasteiger partial charge in [0.25, 0.3) is 0 Å². The predicted octanol–water partition coefficient (Wildman–Crippen LogP) is 2.96. The molecule has 0 amide bonds. The standard InChI is InChI=1S/C6H16Si.ClH.Ni/c1-4-7(5-2)6-3;;/h7H,4-6H2,1-3H3;1H;/q;;+1/p-1. The Morgan fingerprint density at radius 1 is 1.00 bits per heavy atom. The van der Waals surface area contributed by atoms with Gasteiger partial charge in [0.2, 0.25) is 0 Å². The van der Waals surface area contributed by atoms with Crippen molar-refractivity contribution in [3.63, 3.8) is 0 Å². The fourth-order valence-corrected chi connectivity index (χ4v) is 2.60. The summed E-state index contributed by atoms with van der Waals surface area (Å²) in [5.41, 5.74) is 0. The molecule has 0 bridgehead atoms. The van der Waals surface area contributed by atoms with Gasteiger partial charge in [-0.1, -0.05) is 38.9 Å². The van der Waals surface area contributed by atoms with E-state index in [4.69, 9.17) is 0 Å². The van der Waals surface area contributed by atoms with Gasteiger partial charge in [-0.3, -0.25) is 0 Å². The van der Waals surface area contributed by atoms with Crippen LogP contribution in [0.5, 0.6) is 0 Å². The second-order valence-corrected chi connectivity index (χ2v) is 6.27. The van der Waals surface area contributed by atoms with Gasteiger partial charge in [-0.05, 0) is 0 Å². The van der Waals surface area contributed by atoms with Gasteiger partial charge in [0.05, 0.1) is 0 Å². The van der Waals surface area contributed by atoms with Crippen molar-refractivity contribution >= 4 is 19.0 Å². The van der Waals surface area contributed by atoms with Crippen LogP contribution in [0.15, 0.2) is 0 Å². The molecule has 0 aromatic carbocycles. The first-order valence-electron chi connectivity index (χ1n) is 3.47. The summed E-state index contributed by atoms with van der Waals surface area (Å²) < 4.78 is 0. The summed E-state index contributed by atoms with van der Waals surface area (Å²) in [4.78, 5) is 0. The average molecular weight is 210 g/mol. The van der Waals surface area contributed by atoms with Gasteiger partial charge in [-0.2, -0.15) is 0 Å². The maximum atomic E-state index is 4.26. The first-order valence-corrected chi connectivity index (χ1v) is 7.27. The molecule has 0 saturated carbocycles. The minimum atomic E-state index is -0.171. The molecule has 61 valence electrons. The van der Waals surface area contributed by atoms with E-state index in [9.17, 15) is 0 Å². The van der Waals surface area contributed by atoms with E-state index in [-0.39, 0.29) is 8.80 Å². The van der Waals surface area contributed by atoms with Gasteiger partial charge < -0.3 is 0 Å². The summed E-state index contributed by atoms with van der Waals surface area (Å²) in [7, 11) is 4.09. The van der Waals surface area contributed by atoms with Crippen molar-refractivity contribution in [2.75, 3.05) is 0 Å². The first kappa shape index (κ1) is 12.7. The van der Waals surface area contributed by atoms with Gasteiger partial charge in [0, 0.05) is 8.80 Å². The third-order valence-corrected chi connectivity index (χ3v) is 5.20. The topological polar surface area (TPSA) is 0 Å². The first-order chi connectivity index (χ1) is 4.35. The molecule has 0 radical (unpaired) electrons. The molecule has 0 aromatic rings. The van der Waals surface area contributed by atoms with Crippen LogP contribution < -0.4 is 0 Å². The summed E-state index contributed by atoms with van der Waals surface area (Å²) >= 11 is 3.35. The molecule has 0 heterocycles. The van der Waals surface area contributed by atoms with E-state index in [0.29, 0.717) is 0 Å². The molecule has 0 spiro atoms. The Morgan fingerprint density at radius 3 is 1.22 bits per heavy atom. The van der Waals surface area contributed by atoms with E-state index in [1.807, 2.05) is 0 Å². The number of halogens is 1. The van der Waals surface area contributed by atoms with Gasteiger partial charge >= 0.3 is 24.8 Å². The zero-order valence-electron chi connectivity index (χ0n) is 6.39. The predicted molar refractivity (Wildman–Crippen MR) is 44.4 cm³/mol. The fraction of sp³-hybridized carbons (Fsp3) is 1.00. The van der Waals surface area contributed by atoms with E-state index in [1.165, 1.54) is 18.1 Å². The summed E-state index contributed by atoms with van der Waals surface area (Å²) in [6.07, 6.45) is 0. The average Bonchev–Trinajstić information content (AvgIpc) is 1.96. The molecule has 3 heteroatoms. The Morgan fingerprint density at radius 2 is 1.22 bits per heavy atom. The van der Waals surface area contributed by atoms with Crippen molar-refractivity contribution < 1.29 is 14.6 Å². The molecular formula is C6H16ClNiSi. The monoisotopic (exact) mass is 209 g/mol. The summed E-state index contributed by atoms with van der Waals surface area (Å²) in [5, 5.41) is 0. The van der Waals surface area contributed by atoms with Crippen LogP contribution in [0.4, 0.5) is 0 Å². The molecular weight excluding hydrogens is 194 g/mol. The molecule has 0 rings (SSSR count). The third-order valence-electron chi connectivity index (χ3n) is 1.73. The molecule has 9 heavy (non-hydrogen) atoms. The normalized spacial score (nSPS) is 8.78. The Bertz CT molecular complexity index is 34.5. The number of hydrogen-bond acceptors (Lipinski definition) is 0. The summed E-state index contributed by atoms with van der Waals surface area (Å²) in [6, 6.07) is 4.48. The van der Waals surface area contributed by atoms with E-state index < -0.39 is 0 Å². The van der Waals surface area contributed by atoms with E-state index in [2.05, 4.69) is 45.5 Å². The minimum absolute atomic E-state index is 0.171. The molecule has 0 aromatic heterocycles. The van der Waals surface area contributed by atoms with Gasteiger partial charge in [0.1, 0.15) is 0 Å². The molecule has 0 unspecified atom stereocenters. The molecule has 0 nitrogen and oxygen atoms in total. The molecule has 0 aliphatic carbocycles. The quantitative estimate of drug-likeness (QED) is 0.628. The molecule has 0 fully saturated rings. The maximum absolute atomic E-state index is 4.26. The number of rotatable bonds is 3. The number of hydrogen-bond donors (Lipinski definition) is 0. The SMILES string of the molecule is CC[SiH](CC)CC.[Cl][Ni]. The van der Waals surface area contributed by atoms with Crippen molar-refractivity contribution in [1.82, 2.24) is 0 Å². The van der Waals surface area contributed by atoms with Crippen molar-refractivity contribution in [3.05, 3.63) is 0 Å². The Labute approximate surface area is 72.6 Å². The Kier molecular flexibility index (Phi) is 16.5. The van der Waals surface area contributed by atoms with Crippen molar-refractivity contribution in [1.29, 1.82) is 0 Å². The molecule has 0 atom stereocenters. The van der Waals surface area contributed by atoms with Crippen molar-refractivity contribution in [2.24, 2.45) is 0 Å². The Hall–Kier alpha value is 1.00. The fourth-order valence-electron chi connectivity index (χ4n) is 0.866. The van der Waals surface area contributed by atoms with Gasteiger partial charge in [-0.25, -0.2) is 0 Å². The van der Waals surface area contributed by atoms with E-state index in [1.54, 1.807) is 0 Å². The second-order valence-electron chi connectivity index (χ2n) is 2.09. The third kappa shape index (κ3) is 9.00. The van der Waals surface area contributed by atoms with Crippen LogP contribution >= 0.6 is 10.2 Å². The van der Waals surface area contributed by atoms with E-state index in [0.717, 1.165) is 0 Å². The van der Waals surface area contributed by atoms with Crippen molar-refractivity contribution in [2.45, 2.75) is 38.9 Å². The van der Waals surface area contributed by atoms with Crippen molar-refractivity contribution in [3.8, 4) is 0 Å². The second kappa shape index (κ2) is 11.8. The molecule has 0 saturated heterocycles. The molecule has 0 aliphatic heterocycles. The Balaban J connectivity index is 0. The van der Waals surface area contributed by atoms with Crippen LogP contribution in [-0.2, 0) is 14.6 Å². The summed E-state index contributed by atoms with van der Waals surface area (Å²) in [6.45, 7) is 6.97. The molecule has 0 aliphatic rings. The van der Waals surface area contributed by atoms with E-state index >= 15 is 0 Å². The van der Waals surface area contributed by atoms with Crippen LogP contribution in [0.3, 0.4) is 0 Å².